The number of thiazole rings is 1. The number of nitrogens with one attached hydrogen (secondary N) is 1. The van der Waals surface area contributed by atoms with Gasteiger partial charge in [-0.25, -0.2) is 4.98 Å². The van der Waals surface area contributed by atoms with Crippen molar-refractivity contribution in [3.05, 3.63) is 40.5 Å². The second-order valence-electron chi connectivity index (χ2n) is 5.51. The summed E-state index contributed by atoms with van der Waals surface area (Å²) in [5.41, 5.74) is 4.98. The van der Waals surface area contributed by atoms with Crippen LogP contribution < -0.4 is 10.1 Å². The summed E-state index contributed by atoms with van der Waals surface area (Å²) in [5, 5.41) is 3.44. The number of imidazole rings is 1. The predicted octanol–water partition coefficient (Wildman–Crippen LogP) is 3.28. The lowest BCUT2D eigenvalue weighted by Crippen LogP contribution is -2.23. The molecular formula is C17H19N3OS. The summed E-state index contributed by atoms with van der Waals surface area (Å²) >= 11 is 1.81. The molecule has 1 aliphatic heterocycles. The molecule has 2 aromatic heterocycles. The summed E-state index contributed by atoms with van der Waals surface area (Å²) in [5.74, 6) is 0.877. The molecule has 22 heavy (non-hydrogen) atoms. The van der Waals surface area contributed by atoms with Crippen molar-refractivity contribution in [1.82, 2.24) is 14.7 Å². The molecule has 0 amide bonds. The Hall–Kier alpha value is -1.85. The molecule has 1 aliphatic rings. The minimum Gasteiger partial charge on any atom is -0.497 e. The van der Waals surface area contributed by atoms with Crippen molar-refractivity contribution in [2.75, 3.05) is 13.7 Å². The fourth-order valence-electron chi connectivity index (χ4n) is 3.20. The van der Waals surface area contributed by atoms with Gasteiger partial charge in [0.15, 0.2) is 4.96 Å². The summed E-state index contributed by atoms with van der Waals surface area (Å²) in [7, 11) is 1.70. The monoisotopic (exact) mass is 313 g/mol. The first-order valence-corrected chi connectivity index (χ1v) is 8.50. The van der Waals surface area contributed by atoms with E-state index in [1.54, 1.807) is 7.11 Å². The SMILES string of the molecule is CCc1c(-c2cccc(OC)c2)nc2sc3c(n12)CCNC3. The second kappa shape index (κ2) is 5.41. The summed E-state index contributed by atoms with van der Waals surface area (Å²) in [4.78, 5) is 7.48. The Labute approximate surface area is 133 Å². The number of hydrogen-bond donors (Lipinski definition) is 1. The number of rotatable bonds is 3. The zero-order chi connectivity index (χ0) is 15.1. The Bertz CT molecular complexity index is 834. The molecule has 0 saturated carbocycles. The highest BCUT2D eigenvalue weighted by molar-refractivity contribution is 7.17. The van der Waals surface area contributed by atoms with Gasteiger partial charge in [-0.15, -0.1) is 0 Å². The fraction of sp³-hybridized carbons (Fsp3) is 0.353. The molecule has 4 rings (SSSR count). The molecule has 0 saturated heterocycles. The smallest absolute Gasteiger partial charge is 0.194 e. The van der Waals surface area contributed by atoms with Crippen LogP contribution in [-0.2, 0) is 19.4 Å². The molecule has 0 bridgehead atoms. The van der Waals surface area contributed by atoms with Crippen molar-refractivity contribution >= 4 is 16.3 Å². The number of fused-ring (bicyclic) bond motifs is 3. The zero-order valence-corrected chi connectivity index (χ0v) is 13.7. The highest BCUT2D eigenvalue weighted by atomic mass is 32.1. The van der Waals surface area contributed by atoms with Gasteiger partial charge in [0.05, 0.1) is 18.5 Å². The number of ether oxygens (including phenoxy) is 1. The van der Waals surface area contributed by atoms with E-state index in [1.165, 1.54) is 16.3 Å². The largest absolute Gasteiger partial charge is 0.497 e. The fourth-order valence-corrected chi connectivity index (χ4v) is 4.35. The Morgan fingerprint density at radius 3 is 3.14 bits per heavy atom. The number of benzene rings is 1. The first kappa shape index (κ1) is 13.8. The average molecular weight is 313 g/mol. The molecule has 114 valence electrons. The Kier molecular flexibility index (Phi) is 3.39. The van der Waals surface area contributed by atoms with Crippen molar-refractivity contribution in [1.29, 1.82) is 0 Å². The van der Waals surface area contributed by atoms with Crippen LogP contribution in [0.4, 0.5) is 0 Å². The van der Waals surface area contributed by atoms with Crippen LogP contribution in [0.25, 0.3) is 16.2 Å². The number of aryl methyl sites for hydroxylation is 1. The maximum Gasteiger partial charge on any atom is 0.194 e. The van der Waals surface area contributed by atoms with E-state index in [0.29, 0.717) is 0 Å². The first-order chi connectivity index (χ1) is 10.8. The van der Waals surface area contributed by atoms with Crippen molar-refractivity contribution < 1.29 is 4.74 Å². The second-order valence-corrected chi connectivity index (χ2v) is 6.57. The van der Waals surface area contributed by atoms with Crippen LogP contribution in [0.15, 0.2) is 24.3 Å². The van der Waals surface area contributed by atoms with Gasteiger partial charge in [-0.3, -0.25) is 4.40 Å². The van der Waals surface area contributed by atoms with Gasteiger partial charge >= 0.3 is 0 Å². The molecule has 0 radical (unpaired) electrons. The number of methoxy groups -OCH3 is 1. The van der Waals surface area contributed by atoms with Crippen molar-refractivity contribution in [3.8, 4) is 17.0 Å². The van der Waals surface area contributed by atoms with Gasteiger partial charge in [-0.05, 0) is 18.6 Å². The summed E-state index contributed by atoms with van der Waals surface area (Å²) in [6.45, 7) is 4.23. The third kappa shape index (κ3) is 2.04. The van der Waals surface area contributed by atoms with Crippen LogP contribution in [-0.4, -0.2) is 23.0 Å². The lowest BCUT2D eigenvalue weighted by molar-refractivity contribution is 0.415. The molecular weight excluding hydrogens is 294 g/mol. The summed E-state index contributed by atoms with van der Waals surface area (Å²) in [6, 6.07) is 8.18. The molecule has 3 aromatic rings. The van der Waals surface area contributed by atoms with Crippen LogP contribution in [0.2, 0.25) is 0 Å². The minimum atomic E-state index is 0.877. The lowest BCUT2D eigenvalue weighted by atomic mass is 10.1. The molecule has 0 spiro atoms. The van der Waals surface area contributed by atoms with Gasteiger partial charge in [0.2, 0.25) is 0 Å². The maximum atomic E-state index is 5.36. The standard InChI is InChI=1S/C17H19N3OS/c1-3-13-16(11-5-4-6-12(9-11)21-2)19-17-20(13)14-7-8-18-10-15(14)22-17/h4-6,9,18H,3,7-8,10H2,1-2H3. The van der Waals surface area contributed by atoms with Gasteiger partial charge in [0.1, 0.15) is 5.75 Å². The number of hydrogen-bond acceptors (Lipinski definition) is 4. The van der Waals surface area contributed by atoms with E-state index in [1.807, 2.05) is 23.5 Å². The molecule has 1 N–H and O–H groups in total. The molecule has 0 fully saturated rings. The van der Waals surface area contributed by atoms with Crippen LogP contribution in [0.3, 0.4) is 0 Å². The maximum absolute atomic E-state index is 5.36. The van der Waals surface area contributed by atoms with E-state index >= 15 is 0 Å². The van der Waals surface area contributed by atoms with Gasteiger partial charge in [-0.1, -0.05) is 30.4 Å². The molecule has 1 aromatic carbocycles. The highest BCUT2D eigenvalue weighted by Gasteiger charge is 2.22. The van der Waals surface area contributed by atoms with Crippen molar-refractivity contribution in [2.45, 2.75) is 26.3 Å². The summed E-state index contributed by atoms with van der Waals surface area (Å²) < 4.78 is 7.74. The van der Waals surface area contributed by atoms with Crippen LogP contribution in [0.5, 0.6) is 5.75 Å². The molecule has 5 heteroatoms. The third-order valence-corrected chi connectivity index (χ3v) is 5.33. The Morgan fingerprint density at radius 2 is 2.32 bits per heavy atom. The molecule has 0 unspecified atom stereocenters. The van der Waals surface area contributed by atoms with Gasteiger partial charge in [0, 0.05) is 35.6 Å². The minimum absolute atomic E-state index is 0.877. The van der Waals surface area contributed by atoms with Crippen LogP contribution in [0.1, 0.15) is 23.2 Å². The van der Waals surface area contributed by atoms with Gasteiger partial charge in [-0.2, -0.15) is 0 Å². The third-order valence-electron chi connectivity index (χ3n) is 4.25. The quantitative estimate of drug-likeness (QED) is 0.806. The Balaban J connectivity index is 1.92. The van der Waals surface area contributed by atoms with Crippen LogP contribution >= 0.6 is 11.3 Å². The predicted molar refractivity (Wildman–Crippen MR) is 89.8 cm³/mol. The van der Waals surface area contributed by atoms with E-state index in [0.717, 1.165) is 47.9 Å². The van der Waals surface area contributed by atoms with Gasteiger partial charge in [0.25, 0.3) is 0 Å². The molecule has 4 nitrogen and oxygen atoms in total. The average Bonchev–Trinajstić information content (AvgIpc) is 3.10. The van der Waals surface area contributed by atoms with E-state index < -0.39 is 0 Å². The number of aromatic nitrogens is 2. The van der Waals surface area contributed by atoms with E-state index in [9.17, 15) is 0 Å². The van der Waals surface area contributed by atoms with Crippen LogP contribution in [0, 0.1) is 0 Å². The van der Waals surface area contributed by atoms with Crippen molar-refractivity contribution in [3.63, 3.8) is 0 Å². The van der Waals surface area contributed by atoms with E-state index in [-0.39, 0.29) is 0 Å². The Morgan fingerprint density at radius 1 is 1.41 bits per heavy atom. The topological polar surface area (TPSA) is 38.6 Å². The van der Waals surface area contributed by atoms with Crippen molar-refractivity contribution in [2.24, 2.45) is 0 Å². The first-order valence-electron chi connectivity index (χ1n) is 7.68. The van der Waals surface area contributed by atoms with Gasteiger partial charge < -0.3 is 10.1 Å². The highest BCUT2D eigenvalue weighted by Crippen LogP contribution is 2.33. The summed E-state index contributed by atoms with van der Waals surface area (Å²) in [6.07, 6.45) is 2.06. The molecule has 0 atom stereocenters. The molecule has 3 heterocycles. The van der Waals surface area contributed by atoms with E-state index in [4.69, 9.17) is 9.72 Å². The van der Waals surface area contributed by atoms with E-state index in [2.05, 4.69) is 28.8 Å². The normalized spacial score (nSPS) is 14.3. The lowest BCUT2D eigenvalue weighted by Gasteiger charge is -2.13. The number of nitrogens with zero attached hydrogens (tertiary/aromatic N) is 2. The molecule has 0 aliphatic carbocycles. The zero-order valence-electron chi connectivity index (χ0n) is 12.8.